The van der Waals surface area contributed by atoms with E-state index >= 15 is 0 Å². The number of ether oxygens (including phenoxy) is 3. The van der Waals surface area contributed by atoms with E-state index in [1.807, 2.05) is 0 Å². The van der Waals surface area contributed by atoms with Crippen LogP contribution in [0.15, 0.2) is 24.3 Å². The maximum Gasteiger partial charge on any atom is 0.306 e. The van der Waals surface area contributed by atoms with Crippen LogP contribution in [0.4, 0.5) is 0 Å². The maximum absolute atomic E-state index is 12.9. The van der Waals surface area contributed by atoms with Crippen LogP contribution in [0.5, 0.6) is 0 Å². The van der Waals surface area contributed by atoms with E-state index in [0.717, 1.165) is 96.9 Å². The molecule has 0 radical (unpaired) electrons. The van der Waals surface area contributed by atoms with Crippen LogP contribution < -0.4 is 5.73 Å². The van der Waals surface area contributed by atoms with Crippen molar-refractivity contribution in [2.45, 2.75) is 213 Å². The number of primary amides is 1. The van der Waals surface area contributed by atoms with Gasteiger partial charge in [-0.2, -0.15) is 0 Å². The molecule has 0 aromatic rings. The number of esters is 2. The molecule has 0 bridgehead atoms. The molecule has 2 unspecified atom stereocenters. The van der Waals surface area contributed by atoms with Gasteiger partial charge in [0.25, 0.3) is 5.91 Å². The molecule has 1 saturated heterocycles. The van der Waals surface area contributed by atoms with Gasteiger partial charge in [-0.1, -0.05) is 148 Å². The molecule has 0 aromatic heterocycles. The number of allylic oxidation sites excluding steroid dienone is 4. The average molecular weight is 804 g/mol. The van der Waals surface area contributed by atoms with E-state index in [1.165, 1.54) is 96.3 Å². The number of carbonyl (C=O) groups excluding carboxylic acids is 3. The number of hydrogen-bond acceptors (Lipinski definition) is 8. The molecule has 0 aliphatic carbocycles. The molecule has 1 aliphatic heterocycles. The Morgan fingerprint density at radius 2 is 0.947 bits per heavy atom. The Bertz CT molecular complexity index is 1010. The predicted octanol–water partition coefficient (Wildman–Crippen LogP) is 11.0. The molecule has 1 heterocycles. The first kappa shape index (κ1) is 52.8. The highest BCUT2D eigenvalue weighted by molar-refractivity contribution is 5.83. The fraction of sp³-hybridized carbons (Fsp3) is 0.854. The van der Waals surface area contributed by atoms with Crippen LogP contribution >= 0.6 is 0 Å². The van der Waals surface area contributed by atoms with E-state index in [2.05, 4.69) is 54.9 Å². The highest BCUT2D eigenvalue weighted by Crippen LogP contribution is 2.15. The normalized spacial score (nSPS) is 15.1. The van der Waals surface area contributed by atoms with Crippen LogP contribution in [0.3, 0.4) is 0 Å². The van der Waals surface area contributed by atoms with Gasteiger partial charge in [0, 0.05) is 45.6 Å². The number of nitrogens with two attached hydrogens (primary N) is 1. The number of hydrogen-bond donors (Lipinski definition) is 1. The third-order valence-corrected chi connectivity index (χ3v) is 11.2. The highest BCUT2D eigenvalue weighted by Gasteiger charge is 2.33. The molecule has 1 fully saturated rings. The summed E-state index contributed by atoms with van der Waals surface area (Å²) >= 11 is 0. The quantitative estimate of drug-likeness (QED) is 0.0370. The van der Waals surface area contributed by atoms with Gasteiger partial charge in [0.05, 0.1) is 6.61 Å². The number of nitrogens with zero attached hydrogens (tertiary/aromatic N) is 2. The lowest BCUT2D eigenvalue weighted by Gasteiger charge is -2.34. The van der Waals surface area contributed by atoms with Crippen molar-refractivity contribution in [3.63, 3.8) is 0 Å². The van der Waals surface area contributed by atoms with Gasteiger partial charge in [-0.3, -0.25) is 19.3 Å². The molecule has 1 rings (SSSR count). The minimum absolute atomic E-state index is 0.179. The van der Waals surface area contributed by atoms with Gasteiger partial charge in [0.1, 0.15) is 12.7 Å². The zero-order valence-electron chi connectivity index (χ0n) is 37.3. The van der Waals surface area contributed by atoms with Crippen LogP contribution in [-0.2, 0) is 28.6 Å². The van der Waals surface area contributed by atoms with Crippen LogP contribution in [-0.4, -0.2) is 92.3 Å². The fourth-order valence-corrected chi connectivity index (χ4v) is 7.33. The zero-order chi connectivity index (χ0) is 41.4. The SMILES string of the molecule is CCCCCCCC/C=C\CCCCCCCC(=O)OCC(OCCN1CCN(CC)CC1)C(OC(=O)CCCCCCC/C=C\CCCCCCCC)C(N)=O. The topological polar surface area (TPSA) is 111 Å². The van der Waals surface area contributed by atoms with E-state index < -0.39 is 24.1 Å². The Hall–Kier alpha value is -2.23. The average Bonchev–Trinajstić information content (AvgIpc) is 3.21. The highest BCUT2D eigenvalue weighted by atomic mass is 16.6. The largest absolute Gasteiger partial charge is 0.463 e. The van der Waals surface area contributed by atoms with E-state index in [0.29, 0.717) is 26.0 Å². The summed E-state index contributed by atoms with van der Waals surface area (Å²) in [7, 11) is 0. The van der Waals surface area contributed by atoms with Crippen LogP contribution in [0, 0.1) is 0 Å². The minimum atomic E-state index is -1.31. The van der Waals surface area contributed by atoms with E-state index in [-0.39, 0.29) is 19.0 Å². The summed E-state index contributed by atoms with van der Waals surface area (Å²) in [5.41, 5.74) is 5.76. The number of amides is 1. The fourth-order valence-electron chi connectivity index (χ4n) is 7.33. The lowest BCUT2D eigenvalue weighted by molar-refractivity contribution is -0.171. The Balaban J connectivity index is 2.39. The third-order valence-electron chi connectivity index (χ3n) is 11.2. The van der Waals surface area contributed by atoms with Crippen molar-refractivity contribution in [1.29, 1.82) is 0 Å². The molecular formula is C48H89N3O6. The molecule has 2 N–H and O–H groups in total. The predicted molar refractivity (Wildman–Crippen MR) is 237 cm³/mol. The molecule has 9 heteroatoms. The first-order valence-electron chi connectivity index (χ1n) is 23.9. The standard InChI is InChI=1S/C48H89N3O6/c1-4-7-9-11-13-15-17-19-21-23-25-27-29-31-33-35-45(52)56-43-44(55-42-41-51-39-37-50(6-3)38-40-51)47(48(49)54)57-46(53)36-34-32-30-28-26-24-22-20-18-16-14-12-10-8-5-2/h19-22,44,47H,4-18,23-43H2,1-3H3,(H2,49,54)/b21-19-,22-20-. The molecule has 0 spiro atoms. The van der Waals surface area contributed by atoms with E-state index in [1.54, 1.807) is 0 Å². The Labute approximate surface area is 350 Å². The first-order valence-corrected chi connectivity index (χ1v) is 23.9. The second-order valence-electron chi connectivity index (χ2n) is 16.3. The molecule has 0 aromatic carbocycles. The molecule has 57 heavy (non-hydrogen) atoms. The van der Waals surface area contributed by atoms with Crippen molar-refractivity contribution in [1.82, 2.24) is 9.80 Å². The second kappa shape index (κ2) is 39.2. The van der Waals surface area contributed by atoms with Gasteiger partial charge in [0.15, 0.2) is 0 Å². The zero-order valence-corrected chi connectivity index (χ0v) is 37.3. The van der Waals surface area contributed by atoms with Gasteiger partial charge < -0.3 is 24.8 Å². The minimum Gasteiger partial charge on any atom is -0.463 e. The van der Waals surface area contributed by atoms with Crippen molar-refractivity contribution in [2.24, 2.45) is 5.73 Å². The molecule has 1 amide bonds. The molecule has 2 atom stereocenters. The van der Waals surface area contributed by atoms with Crippen molar-refractivity contribution in [3.05, 3.63) is 24.3 Å². The third kappa shape index (κ3) is 32.3. The van der Waals surface area contributed by atoms with Crippen molar-refractivity contribution in [2.75, 3.05) is 52.5 Å². The molecule has 332 valence electrons. The molecular weight excluding hydrogens is 715 g/mol. The Kier molecular flexibility index (Phi) is 36.3. The number of unbranched alkanes of at least 4 members (excludes halogenated alkanes) is 22. The van der Waals surface area contributed by atoms with Crippen molar-refractivity contribution >= 4 is 17.8 Å². The number of rotatable bonds is 40. The number of carbonyl (C=O) groups is 3. The summed E-state index contributed by atoms with van der Waals surface area (Å²) in [4.78, 5) is 42.9. The first-order chi connectivity index (χ1) is 27.9. The van der Waals surface area contributed by atoms with E-state index in [4.69, 9.17) is 19.9 Å². The summed E-state index contributed by atoms with van der Waals surface area (Å²) in [5.74, 6) is -1.59. The molecule has 1 aliphatic rings. The number of piperazine rings is 1. The smallest absolute Gasteiger partial charge is 0.306 e. The summed E-state index contributed by atoms with van der Waals surface area (Å²) in [6.07, 6.45) is 38.3. The van der Waals surface area contributed by atoms with Gasteiger partial charge in [0.2, 0.25) is 6.10 Å². The maximum atomic E-state index is 12.9. The lowest BCUT2D eigenvalue weighted by Crippen LogP contribution is -2.49. The van der Waals surface area contributed by atoms with Gasteiger partial charge in [-0.15, -0.1) is 0 Å². The van der Waals surface area contributed by atoms with E-state index in [9.17, 15) is 14.4 Å². The molecule has 9 nitrogen and oxygen atoms in total. The van der Waals surface area contributed by atoms with Gasteiger partial charge in [-0.05, 0) is 70.8 Å². The second-order valence-corrected chi connectivity index (χ2v) is 16.3. The summed E-state index contributed by atoms with van der Waals surface area (Å²) < 4.78 is 17.3. The van der Waals surface area contributed by atoms with Crippen LogP contribution in [0.2, 0.25) is 0 Å². The van der Waals surface area contributed by atoms with Crippen LogP contribution in [0.1, 0.15) is 201 Å². The Morgan fingerprint density at radius 3 is 1.39 bits per heavy atom. The number of likely N-dealkylation sites (N-methyl/N-ethyl adjacent to an activating group) is 1. The lowest BCUT2D eigenvalue weighted by atomic mass is 10.1. The molecule has 0 saturated carbocycles. The van der Waals surface area contributed by atoms with Crippen LogP contribution in [0.25, 0.3) is 0 Å². The van der Waals surface area contributed by atoms with Gasteiger partial charge in [-0.25, -0.2) is 0 Å². The van der Waals surface area contributed by atoms with Gasteiger partial charge >= 0.3 is 11.9 Å². The summed E-state index contributed by atoms with van der Waals surface area (Å²) in [6, 6.07) is 0. The van der Waals surface area contributed by atoms with Crippen molar-refractivity contribution < 1.29 is 28.6 Å². The summed E-state index contributed by atoms with van der Waals surface area (Å²) in [6.45, 7) is 12.4. The summed E-state index contributed by atoms with van der Waals surface area (Å²) in [5, 5.41) is 0. The Morgan fingerprint density at radius 1 is 0.544 bits per heavy atom. The van der Waals surface area contributed by atoms with Crippen molar-refractivity contribution in [3.8, 4) is 0 Å². The monoisotopic (exact) mass is 804 g/mol.